The van der Waals surface area contributed by atoms with E-state index in [1.807, 2.05) is 12.1 Å². The van der Waals surface area contributed by atoms with Crippen LogP contribution in [0.2, 0.25) is 0 Å². The fourth-order valence-electron chi connectivity index (χ4n) is 1.99. The minimum atomic E-state index is -0.371. The van der Waals surface area contributed by atoms with Crippen molar-refractivity contribution in [3.8, 4) is 0 Å². The van der Waals surface area contributed by atoms with Crippen LogP contribution in [0.5, 0.6) is 0 Å². The normalized spacial score (nSPS) is 11.4. The van der Waals surface area contributed by atoms with Gasteiger partial charge in [0, 0.05) is 5.69 Å². The van der Waals surface area contributed by atoms with Crippen LogP contribution in [0, 0.1) is 0 Å². The van der Waals surface area contributed by atoms with Gasteiger partial charge >= 0.3 is 5.69 Å². The lowest BCUT2D eigenvalue weighted by atomic mass is 10.3. The van der Waals surface area contributed by atoms with E-state index in [2.05, 4.69) is 25.3 Å². The molecule has 0 amide bonds. The average molecular weight is 299 g/mol. The number of nitrogens with zero attached hydrogens (tertiary/aromatic N) is 4. The Hall–Kier alpha value is -2.81. The highest BCUT2D eigenvalue weighted by Crippen LogP contribution is 2.26. The van der Waals surface area contributed by atoms with E-state index in [1.165, 1.54) is 16.3 Å². The van der Waals surface area contributed by atoms with Crippen molar-refractivity contribution in [3.05, 3.63) is 40.8 Å². The summed E-state index contributed by atoms with van der Waals surface area (Å²) in [4.78, 5) is 19.1. The molecule has 3 aromatic heterocycles. The Bertz CT molecular complexity index is 1020. The Morgan fingerprint density at radius 2 is 2.14 bits per heavy atom. The summed E-state index contributed by atoms with van der Waals surface area (Å²) in [6.45, 7) is 0. The molecule has 0 saturated carbocycles. The molecular weight excluding hydrogens is 290 g/mol. The number of nitrogen functional groups attached to an aromatic ring is 1. The molecule has 0 aliphatic rings. The van der Waals surface area contributed by atoms with Crippen molar-refractivity contribution in [2.45, 2.75) is 10.2 Å². The SMILES string of the molecule is Nc1ccc2nc(Sc3ccc4n[nH]c(=O)n4n3)[nH]c2c1. The van der Waals surface area contributed by atoms with Gasteiger partial charge in [0.1, 0.15) is 5.03 Å². The molecule has 0 bridgehead atoms. The lowest BCUT2D eigenvalue weighted by Gasteiger charge is -1.96. The Morgan fingerprint density at radius 1 is 1.24 bits per heavy atom. The Morgan fingerprint density at radius 3 is 3.05 bits per heavy atom. The number of nitrogens with one attached hydrogen (secondary N) is 2. The van der Waals surface area contributed by atoms with E-state index in [4.69, 9.17) is 5.73 Å². The first-order chi connectivity index (χ1) is 10.2. The summed E-state index contributed by atoms with van der Waals surface area (Å²) in [5.41, 5.74) is 8.20. The smallest absolute Gasteiger partial charge is 0.364 e. The molecule has 8 nitrogen and oxygen atoms in total. The van der Waals surface area contributed by atoms with Crippen LogP contribution >= 0.6 is 11.8 Å². The van der Waals surface area contributed by atoms with Crippen LogP contribution in [0.25, 0.3) is 16.7 Å². The number of rotatable bonds is 2. The fraction of sp³-hybridized carbons (Fsp3) is 0. The Kier molecular flexibility index (Phi) is 2.48. The molecule has 104 valence electrons. The van der Waals surface area contributed by atoms with Gasteiger partial charge in [-0.3, -0.25) is 0 Å². The highest BCUT2D eigenvalue weighted by molar-refractivity contribution is 7.99. The maximum absolute atomic E-state index is 11.5. The molecule has 0 aliphatic heterocycles. The first kappa shape index (κ1) is 12.0. The van der Waals surface area contributed by atoms with Crippen LogP contribution in [0.1, 0.15) is 0 Å². The highest BCUT2D eigenvalue weighted by atomic mass is 32.2. The minimum absolute atomic E-state index is 0.371. The standard InChI is InChI=1S/C12H9N7OS/c13-6-1-2-7-8(5-6)15-11(14-7)21-10-4-3-9-16-17-12(20)19(9)18-10/h1-5H,13H2,(H,14,15)(H,17,20). The topological polar surface area (TPSA) is 118 Å². The summed E-state index contributed by atoms with van der Waals surface area (Å²) in [5.74, 6) is 0. The summed E-state index contributed by atoms with van der Waals surface area (Å²) in [5, 5.41) is 11.7. The van der Waals surface area contributed by atoms with E-state index in [1.54, 1.807) is 18.2 Å². The van der Waals surface area contributed by atoms with E-state index in [-0.39, 0.29) is 5.69 Å². The van der Waals surface area contributed by atoms with Crippen molar-refractivity contribution < 1.29 is 0 Å². The molecule has 4 aromatic rings. The lowest BCUT2D eigenvalue weighted by molar-refractivity contribution is 0.818. The van der Waals surface area contributed by atoms with Gasteiger partial charge in [-0.2, -0.15) is 14.7 Å². The van der Waals surface area contributed by atoms with Crippen LogP contribution in [-0.2, 0) is 0 Å². The van der Waals surface area contributed by atoms with Crippen LogP contribution in [0.4, 0.5) is 5.69 Å². The summed E-state index contributed by atoms with van der Waals surface area (Å²) in [7, 11) is 0. The first-order valence-electron chi connectivity index (χ1n) is 6.07. The van der Waals surface area contributed by atoms with Gasteiger partial charge in [-0.25, -0.2) is 14.9 Å². The predicted octanol–water partition coefficient (Wildman–Crippen LogP) is 1.03. The lowest BCUT2D eigenvalue weighted by Crippen LogP contribution is -2.12. The van der Waals surface area contributed by atoms with E-state index in [0.29, 0.717) is 21.5 Å². The third-order valence-corrected chi connectivity index (χ3v) is 3.75. The third kappa shape index (κ3) is 2.03. The van der Waals surface area contributed by atoms with Gasteiger partial charge in [0.15, 0.2) is 10.8 Å². The van der Waals surface area contributed by atoms with E-state index >= 15 is 0 Å². The zero-order valence-corrected chi connectivity index (χ0v) is 11.4. The molecule has 0 fully saturated rings. The number of nitrogens with two attached hydrogens (primary N) is 1. The highest BCUT2D eigenvalue weighted by Gasteiger charge is 2.08. The zero-order valence-electron chi connectivity index (χ0n) is 10.6. The van der Waals surface area contributed by atoms with Crippen molar-refractivity contribution in [2.24, 2.45) is 0 Å². The number of hydrogen-bond acceptors (Lipinski definition) is 6. The maximum Gasteiger partial charge on any atom is 0.364 e. The second-order valence-corrected chi connectivity index (χ2v) is 5.40. The number of aromatic amines is 2. The molecule has 0 unspecified atom stereocenters. The fourth-order valence-corrected chi connectivity index (χ4v) is 2.75. The predicted molar refractivity (Wildman–Crippen MR) is 78.2 cm³/mol. The largest absolute Gasteiger partial charge is 0.399 e. The summed E-state index contributed by atoms with van der Waals surface area (Å²) in [6.07, 6.45) is 0. The van der Waals surface area contributed by atoms with Gasteiger partial charge in [0.05, 0.1) is 11.0 Å². The molecule has 1 aromatic carbocycles. The third-order valence-electron chi connectivity index (χ3n) is 2.93. The molecule has 3 heterocycles. The van der Waals surface area contributed by atoms with Gasteiger partial charge in [-0.15, -0.1) is 0 Å². The summed E-state index contributed by atoms with van der Waals surface area (Å²) < 4.78 is 1.21. The Labute approximate surface area is 121 Å². The monoisotopic (exact) mass is 299 g/mol. The van der Waals surface area contributed by atoms with E-state index in [9.17, 15) is 4.79 Å². The molecule has 0 saturated heterocycles. The molecule has 4 rings (SSSR count). The average Bonchev–Trinajstić information content (AvgIpc) is 3.02. The van der Waals surface area contributed by atoms with Crippen LogP contribution in [0.15, 0.2) is 45.3 Å². The molecule has 9 heteroatoms. The quantitative estimate of drug-likeness (QED) is 0.476. The van der Waals surface area contributed by atoms with Crippen LogP contribution < -0.4 is 11.4 Å². The second kappa shape index (κ2) is 4.35. The van der Waals surface area contributed by atoms with Crippen molar-refractivity contribution >= 4 is 34.1 Å². The summed E-state index contributed by atoms with van der Waals surface area (Å²) >= 11 is 1.33. The van der Waals surface area contributed by atoms with Gasteiger partial charge in [-0.05, 0) is 42.1 Å². The molecule has 4 N–H and O–H groups in total. The van der Waals surface area contributed by atoms with Gasteiger partial charge in [0.2, 0.25) is 0 Å². The number of anilines is 1. The number of fused-ring (bicyclic) bond motifs is 2. The van der Waals surface area contributed by atoms with Crippen molar-refractivity contribution in [2.75, 3.05) is 5.73 Å². The number of hydrogen-bond donors (Lipinski definition) is 3. The van der Waals surface area contributed by atoms with E-state index in [0.717, 1.165) is 11.0 Å². The maximum atomic E-state index is 11.5. The van der Waals surface area contributed by atoms with Gasteiger partial charge in [-0.1, -0.05) is 0 Å². The zero-order chi connectivity index (χ0) is 14.4. The van der Waals surface area contributed by atoms with Crippen molar-refractivity contribution in [1.29, 1.82) is 0 Å². The molecule has 0 atom stereocenters. The minimum Gasteiger partial charge on any atom is -0.399 e. The van der Waals surface area contributed by atoms with Gasteiger partial charge in [0.25, 0.3) is 0 Å². The molecular formula is C12H9N7OS. The number of benzene rings is 1. The van der Waals surface area contributed by atoms with Crippen LogP contribution in [0.3, 0.4) is 0 Å². The molecule has 0 spiro atoms. The Balaban J connectivity index is 1.74. The number of H-pyrrole nitrogens is 2. The molecule has 21 heavy (non-hydrogen) atoms. The molecule has 0 radical (unpaired) electrons. The second-order valence-electron chi connectivity index (χ2n) is 4.39. The van der Waals surface area contributed by atoms with E-state index < -0.39 is 0 Å². The first-order valence-corrected chi connectivity index (χ1v) is 6.88. The van der Waals surface area contributed by atoms with Gasteiger partial charge < -0.3 is 10.7 Å². The van der Waals surface area contributed by atoms with Crippen molar-refractivity contribution in [1.82, 2.24) is 29.8 Å². The van der Waals surface area contributed by atoms with Crippen molar-refractivity contribution in [3.63, 3.8) is 0 Å². The number of imidazole rings is 1. The summed E-state index contributed by atoms with van der Waals surface area (Å²) in [6, 6.07) is 8.97. The molecule has 0 aliphatic carbocycles. The van der Waals surface area contributed by atoms with Crippen LogP contribution in [-0.4, -0.2) is 29.8 Å². The number of aromatic nitrogens is 6.